The minimum absolute atomic E-state index is 0.00400. The average Bonchev–Trinajstić information content (AvgIpc) is 3.59. The van der Waals surface area contributed by atoms with Crippen molar-refractivity contribution in [1.29, 1.82) is 0 Å². The van der Waals surface area contributed by atoms with Crippen LogP contribution in [0, 0.1) is 0 Å². The highest BCUT2D eigenvalue weighted by molar-refractivity contribution is 5.85. The van der Waals surface area contributed by atoms with E-state index in [0.717, 1.165) is 73.2 Å². The predicted octanol–water partition coefficient (Wildman–Crippen LogP) is 2.56. The minimum Gasteiger partial charge on any atom is -0.480 e. The van der Waals surface area contributed by atoms with Crippen LogP contribution >= 0.6 is 0 Å². The van der Waals surface area contributed by atoms with Crippen LogP contribution in [0.4, 0.5) is 0 Å². The molecular formula is C28H39N7O3. The number of imidazole rings is 1. The zero-order valence-corrected chi connectivity index (χ0v) is 22.3. The Hall–Kier alpha value is -3.50. The molecule has 1 fully saturated rings. The Kier molecular flexibility index (Phi) is 9.67. The van der Waals surface area contributed by atoms with Gasteiger partial charge in [0.2, 0.25) is 17.7 Å². The molecule has 0 spiro atoms. The van der Waals surface area contributed by atoms with Crippen molar-refractivity contribution in [3.05, 3.63) is 42.4 Å². The second-order valence-corrected chi connectivity index (χ2v) is 10.00. The van der Waals surface area contributed by atoms with E-state index < -0.39 is 0 Å². The minimum atomic E-state index is -0.273. The second kappa shape index (κ2) is 13.3. The summed E-state index contributed by atoms with van der Waals surface area (Å²) in [5.74, 6) is 1.09. The molecule has 38 heavy (non-hydrogen) atoms. The van der Waals surface area contributed by atoms with Crippen LogP contribution in [0.5, 0.6) is 5.88 Å². The third-order valence-electron chi connectivity index (χ3n) is 7.22. The fourth-order valence-electron chi connectivity index (χ4n) is 5.04. The van der Waals surface area contributed by atoms with Crippen LogP contribution in [0.1, 0.15) is 50.3 Å². The lowest BCUT2D eigenvalue weighted by Gasteiger charge is -2.19. The number of nitrogens with zero attached hydrogens (tertiary/aromatic N) is 3. The molecule has 5 N–H and O–H groups in total. The van der Waals surface area contributed by atoms with Gasteiger partial charge >= 0.3 is 0 Å². The number of para-hydroxylation sites is 1. The van der Waals surface area contributed by atoms with Gasteiger partial charge < -0.3 is 26.1 Å². The maximum atomic E-state index is 12.7. The number of likely N-dealkylation sites (N-methyl/N-ethyl adjacent to an activating group) is 1. The summed E-state index contributed by atoms with van der Waals surface area (Å²) in [6.45, 7) is 2.69. The number of nitrogens with one attached hydrogen (secondary N) is 3. The van der Waals surface area contributed by atoms with E-state index in [1.165, 1.54) is 0 Å². The Balaban J connectivity index is 1.45. The van der Waals surface area contributed by atoms with Gasteiger partial charge in [-0.3, -0.25) is 14.5 Å². The Morgan fingerprint density at radius 1 is 1.26 bits per heavy atom. The lowest BCUT2D eigenvalue weighted by Crippen LogP contribution is -2.39. The number of pyridine rings is 1. The number of carbonyl (C=O) groups excluding carboxylic acids is 2. The van der Waals surface area contributed by atoms with E-state index in [1.807, 2.05) is 37.4 Å². The number of unbranched alkanes of at least 4 members (excludes halogenated alkanes) is 2. The first kappa shape index (κ1) is 27.5. The summed E-state index contributed by atoms with van der Waals surface area (Å²) in [5, 5.41) is 7.42. The third-order valence-corrected chi connectivity index (χ3v) is 7.22. The molecule has 2 aromatic heterocycles. The lowest BCUT2D eigenvalue weighted by atomic mass is 9.99. The highest BCUT2D eigenvalue weighted by atomic mass is 16.5. The Morgan fingerprint density at radius 2 is 2.11 bits per heavy atom. The van der Waals surface area contributed by atoms with Gasteiger partial charge in [-0.05, 0) is 38.4 Å². The SMILES string of the molecule is CNC1CCN(CC(=O)NCC(CCCCCC(N)=O)c2ncc(-c3cc4ccccc4nc3OC)[nH]2)C1. The summed E-state index contributed by atoms with van der Waals surface area (Å²) in [7, 11) is 3.57. The summed E-state index contributed by atoms with van der Waals surface area (Å²) in [5.41, 5.74) is 7.80. The number of carbonyl (C=O) groups is 2. The van der Waals surface area contributed by atoms with Crippen molar-refractivity contribution in [3.63, 3.8) is 0 Å². The van der Waals surface area contributed by atoms with Crippen molar-refractivity contribution in [2.45, 2.75) is 50.5 Å². The molecule has 0 aliphatic carbocycles. The summed E-state index contributed by atoms with van der Waals surface area (Å²) in [6.07, 6.45) is 6.63. The number of amides is 2. The number of primary amides is 1. The number of hydrogen-bond donors (Lipinski definition) is 4. The monoisotopic (exact) mass is 521 g/mol. The Bertz CT molecular complexity index is 1230. The molecule has 2 amide bonds. The highest BCUT2D eigenvalue weighted by Gasteiger charge is 2.24. The summed E-state index contributed by atoms with van der Waals surface area (Å²) >= 11 is 0. The van der Waals surface area contributed by atoms with Crippen LogP contribution in [0.15, 0.2) is 36.5 Å². The number of likely N-dealkylation sites (tertiary alicyclic amines) is 1. The molecule has 204 valence electrons. The van der Waals surface area contributed by atoms with E-state index in [2.05, 4.69) is 25.5 Å². The van der Waals surface area contributed by atoms with Gasteiger partial charge in [0, 0.05) is 43.4 Å². The molecule has 1 aliphatic heterocycles. The molecular weight excluding hydrogens is 482 g/mol. The third kappa shape index (κ3) is 7.29. The molecule has 0 radical (unpaired) electrons. The fourth-order valence-corrected chi connectivity index (χ4v) is 5.04. The van der Waals surface area contributed by atoms with Crippen molar-refractivity contribution >= 4 is 22.7 Å². The van der Waals surface area contributed by atoms with Crippen LogP contribution < -0.4 is 21.1 Å². The Morgan fingerprint density at radius 3 is 2.87 bits per heavy atom. The van der Waals surface area contributed by atoms with Crippen molar-refractivity contribution in [2.24, 2.45) is 5.73 Å². The molecule has 10 heteroatoms. The number of methoxy groups -OCH3 is 1. The number of H-pyrrole nitrogens is 1. The molecule has 1 saturated heterocycles. The largest absolute Gasteiger partial charge is 0.480 e. The van der Waals surface area contributed by atoms with Gasteiger partial charge in [-0.25, -0.2) is 9.97 Å². The quantitative estimate of drug-likeness (QED) is 0.239. The molecule has 1 aromatic carbocycles. The topological polar surface area (TPSA) is 138 Å². The molecule has 0 bridgehead atoms. The molecule has 10 nitrogen and oxygen atoms in total. The molecule has 3 heterocycles. The first-order valence-corrected chi connectivity index (χ1v) is 13.4. The zero-order chi connectivity index (χ0) is 26.9. The van der Waals surface area contributed by atoms with Gasteiger partial charge in [-0.2, -0.15) is 0 Å². The number of aromatic amines is 1. The number of ether oxygens (including phenoxy) is 1. The standard InChI is InChI=1S/C28H39N7O3/c1-30-21-12-13-35(17-21)18-26(37)31-15-20(9-4-3-5-11-25(29)36)27-32-16-24(33-27)22-14-19-8-6-7-10-23(19)34-28(22)38-2/h6-8,10,14,16,20-21,30H,3-5,9,11-13,15,17-18H2,1-2H3,(H2,29,36)(H,31,37)(H,32,33). The summed E-state index contributed by atoms with van der Waals surface area (Å²) < 4.78 is 5.58. The van der Waals surface area contributed by atoms with Gasteiger partial charge in [-0.15, -0.1) is 0 Å². The van der Waals surface area contributed by atoms with E-state index in [0.29, 0.717) is 31.4 Å². The summed E-state index contributed by atoms with van der Waals surface area (Å²) in [6, 6.07) is 10.4. The van der Waals surface area contributed by atoms with E-state index in [1.54, 1.807) is 13.3 Å². The number of rotatable bonds is 14. The van der Waals surface area contributed by atoms with Crippen molar-refractivity contribution in [1.82, 2.24) is 30.5 Å². The van der Waals surface area contributed by atoms with E-state index in [9.17, 15) is 9.59 Å². The number of hydrogen-bond acceptors (Lipinski definition) is 7. The predicted molar refractivity (Wildman–Crippen MR) is 148 cm³/mol. The number of benzene rings is 1. The number of aromatic nitrogens is 3. The van der Waals surface area contributed by atoms with Gasteiger partial charge in [0.05, 0.1) is 36.6 Å². The smallest absolute Gasteiger partial charge is 0.234 e. The molecule has 2 unspecified atom stereocenters. The Labute approximate surface area is 223 Å². The zero-order valence-electron chi connectivity index (χ0n) is 22.3. The van der Waals surface area contributed by atoms with Crippen molar-refractivity contribution < 1.29 is 14.3 Å². The van der Waals surface area contributed by atoms with Crippen LogP contribution in [-0.2, 0) is 9.59 Å². The summed E-state index contributed by atoms with van der Waals surface area (Å²) in [4.78, 5) is 38.8. The van der Waals surface area contributed by atoms with Gasteiger partial charge in [0.15, 0.2) is 0 Å². The molecule has 3 aromatic rings. The van der Waals surface area contributed by atoms with E-state index in [4.69, 9.17) is 15.5 Å². The lowest BCUT2D eigenvalue weighted by molar-refractivity contribution is -0.122. The first-order valence-electron chi connectivity index (χ1n) is 13.4. The number of nitrogens with two attached hydrogens (primary N) is 1. The van der Waals surface area contributed by atoms with Gasteiger partial charge in [-0.1, -0.05) is 31.0 Å². The van der Waals surface area contributed by atoms with Crippen LogP contribution in [0.2, 0.25) is 0 Å². The second-order valence-electron chi connectivity index (χ2n) is 10.00. The number of fused-ring (bicyclic) bond motifs is 1. The average molecular weight is 522 g/mol. The van der Waals surface area contributed by atoms with Crippen LogP contribution in [0.3, 0.4) is 0 Å². The van der Waals surface area contributed by atoms with Crippen LogP contribution in [-0.4, -0.2) is 78.0 Å². The van der Waals surface area contributed by atoms with Crippen molar-refractivity contribution in [2.75, 3.05) is 40.3 Å². The highest BCUT2D eigenvalue weighted by Crippen LogP contribution is 2.32. The normalized spacial score (nSPS) is 16.5. The molecule has 1 aliphatic rings. The molecule has 2 atom stereocenters. The fraction of sp³-hybridized carbons (Fsp3) is 0.500. The molecule has 4 rings (SSSR count). The maximum absolute atomic E-state index is 12.7. The van der Waals surface area contributed by atoms with Gasteiger partial charge in [0.25, 0.3) is 0 Å². The van der Waals surface area contributed by atoms with E-state index in [-0.39, 0.29) is 17.7 Å². The molecule has 0 saturated carbocycles. The van der Waals surface area contributed by atoms with E-state index >= 15 is 0 Å². The van der Waals surface area contributed by atoms with Crippen LogP contribution in [0.25, 0.3) is 22.2 Å². The maximum Gasteiger partial charge on any atom is 0.234 e. The van der Waals surface area contributed by atoms with Crippen molar-refractivity contribution in [3.8, 4) is 17.1 Å². The first-order chi connectivity index (χ1) is 18.5. The van der Waals surface area contributed by atoms with Gasteiger partial charge in [0.1, 0.15) is 5.82 Å².